The molecule has 23 heavy (non-hydrogen) atoms. The van der Waals surface area contributed by atoms with E-state index in [0.29, 0.717) is 24.0 Å². The molecule has 3 rings (SSSR count). The van der Waals surface area contributed by atoms with Crippen LogP contribution in [0.15, 0.2) is 33.5 Å². The van der Waals surface area contributed by atoms with Gasteiger partial charge in [0.2, 0.25) is 17.7 Å². The Morgan fingerprint density at radius 1 is 1.39 bits per heavy atom. The summed E-state index contributed by atoms with van der Waals surface area (Å²) >= 11 is 1.57. The number of amides is 1. The Bertz CT molecular complexity index is 776. The molecular weight excluding hydrogens is 314 g/mol. The number of aromatic nitrogens is 4. The molecule has 8 heteroatoms. The second kappa shape index (κ2) is 6.74. The van der Waals surface area contributed by atoms with E-state index in [9.17, 15) is 4.79 Å². The molecule has 1 amide bonds. The van der Waals surface area contributed by atoms with E-state index in [-0.39, 0.29) is 18.4 Å². The van der Waals surface area contributed by atoms with Crippen LogP contribution in [0.4, 0.5) is 5.82 Å². The zero-order valence-electron chi connectivity index (χ0n) is 12.9. The van der Waals surface area contributed by atoms with Crippen LogP contribution in [0.25, 0.3) is 11.5 Å². The molecule has 3 heterocycles. The average molecular weight is 331 g/mol. The van der Waals surface area contributed by atoms with Gasteiger partial charge in [0.25, 0.3) is 0 Å². The molecule has 0 fully saturated rings. The second-order valence-corrected chi connectivity index (χ2v) is 6.10. The fourth-order valence-electron chi connectivity index (χ4n) is 2.11. The van der Waals surface area contributed by atoms with Crippen LogP contribution in [-0.4, -0.2) is 25.9 Å². The van der Waals surface area contributed by atoms with Crippen LogP contribution in [0, 0.1) is 0 Å². The molecule has 7 nitrogen and oxygen atoms in total. The Labute approximate surface area is 137 Å². The predicted octanol–water partition coefficient (Wildman–Crippen LogP) is 3.15. The van der Waals surface area contributed by atoms with E-state index in [2.05, 4.69) is 20.6 Å². The third kappa shape index (κ3) is 3.65. The number of carbonyl (C=O) groups is 1. The van der Waals surface area contributed by atoms with Crippen molar-refractivity contribution in [2.75, 3.05) is 5.32 Å². The summed E-state index contributed by atoms with van der Waals surface area (Å²) in [7, 11) is 0. The fourth-order valence-corrected chi connectivity index (χ4v) is 2.74. The zero-order valence-corrected chi connectivity index (χ0v) is 13.7. The highest BCUT2D eigenvalue weighted by Crippen LogP contribution is 2.21. The smallest absolute Gasteiger partial charge is 0.248 e. The maximum absolute atomic E-state index is 12.1. The van der Waals surface area contributed by atoms with Crippen LogP contribution in [-0.2, 0) is 11.2 Å². The van der Waals surface area contributed by atoms with E-state index in [0.717, 1.165) is 5.56 Å². The highest BCUT2D eigenvalue weighted by Gasteiger charge is 2.13. The lowest BCUT2D eigenvalue weighted by Crippen LogP contribution is -2.17. The Morgan fingerprint density at radius 3 is 3.00 bits per heavy atom. The SMILES string of the molecule is CC(C)n1nccc1NC(=O)CCc1nnc(-c2ccsc2)o1. The van der Waals surface area contributed by atoms with E-state index < -0.39 is 0 Å². The van der Waals surface area contributed by atoms with Crippen LogP contribution in [0.3, 0.4) is 0 Å². The van der Waals surface area contributed by atoms with Gasteiger partial charge in [0.1, 0.15) is 5.82 Å². The summed E-state index contributed by atoms with van der Waals surface area (Å²) in [6, 6.07) is 3.88. The third-order valence-electron chi connectivity index (χ3n) is 3.23. The van der Waals surface area contributed by atoms with Crippen LogP contribution in [0.5, 0.6) is 0 Å². The van der Waals surface area contributed by atoms with Gasteiger partial charge in [-0.15, -0.1) is 10.2 Å². The number of thiophene rings is 1. The average Bonchev–Trinajstić information content (AvgIpc) is 3.25. The van der Waals surface area contributed by atoms with E-state index in [1.807, 2.05) is 30.7 Å². The maximum Gasteiger partial charge on any atom is 0.248 e. The molecule has 0 aliphatic rings. The summed E-state index contributed by atoms with van der Waals surface area (Å²) in [5.41, 5.74) is 0.902. The number of nitrogens with zero attached hydrogens (tertiary/aromatic N) is 4. The van der Waals surface area contributed by atoms with Crippen molar-refractivity contribution in [2.24, 2.45) is 0 Å². The fraction of sp³-hybridized carbons (Fsp3) is 0.333. The summed E-state index contributed by atoms with van der Waals surface area (Å²) in [6.45, 7) is 4.01. The number of aryl methyl sites for hydroxylation is 1. The molecule has 1 N–H and O–H groups in total. The Morgan fingerprint density at radius 2 is 2.26 bits per heavy atom. The van der Waals surface area contributed by atoms with Gasteiger partial charge in [0.15, 0.2) is 0 Å². The van der Waals surface area contributed by atoms with E-state index in [1.54, 1.807) is 28.3 Å². The van der Waals surface area contributed by atoms with Crippen molar-refractivity contribution in [3.63, 3.8) is 0 Å². The number of nitrogens with one attached hydrogen (secondary N) is 1. The number of rotatable bonds is 6. The highest BCUT2D eigenvalue weighted by atomic mass is 32.1. The van der Waals surface area contributed by atoms with Gasteiger partial charge in [0, 0.05) is 35.9 Å². The van der Waals surface area contributed by atoms with Crippen LogP contribution >= 0.6 is 11.3 Å². The van der Waals surface area contributed by atoms with Crippen LogP contribution in [0.2, 0.25) is 0 Å². The molecule has 3 aromatic heterocycles. The summed E-state index contributed by atoms with van der Waals surface area (Å²) in [5, 5.41) is 18.9. The predicted molar refractivity (Wildman–Crippen MR) is 87.2 cm³/mol. The third-order valence-corrected chi connectivity index (χ3v) is 3.91. The molecule has 0 radical (unpaired) electrons. The first-order chi connectivity index (χ1) is 11.1. The molecule has 0 saturated carbocycles. The van der Waals surface area contributed by atoms with Gasteiger partial charge in [-0.3, -0.25) is 4.79 Å². The minimum absolute atomic E-state index is 0.109. The molecule has 120 valence electrons. The van der Waals surface area contributed by atoms with Crippen molar-refractivity contribution in [3.8, 4) is 11.5 Å². The van der Waals surface area contributed by atoms with E-state index in [4.69, 9.17) is 4.42 Å². The maximum atomic E-state index is 12.1. The van der Waals surface area contributed by atoms with Gasteiger partial charge in [0.05, 0.1) is 6.20 Å². The molecule has 0 spiro atoms. The van der Waals surface area contributed by atoms with Gasteiger partial charge in [-0.2, -0.15) is 16.4 Å². The van der Waals surface area contributed by atoms with Gasteiger partial charge in [-0.25, -0.2) is 4.68 Å². The molecular formula is C15H17N5O2S. The first kappa shape index (κ1) is 15.4. The first-order valence-corrected chi connectivity index (χ1v) is 8.26. The lowest BCUT2D eigenvalue weighted by atomic mass is 10.3. The lowest BCUT2D eigenvalue weighted by molar-refractivity contribution is -0.116. The Kier molecular flexibility index (Phi) is 4.52. The van der Waals surface area contributed by atoms with Crippen LogP contribution in [0.1, 0.15) is 32.2 Å². The quantitative estimate of drug-likeness (QED) is 0.750. The topological polar surface area (TPSA) is 85.8 Å². The molecule has 0 aromatic carbocycles. The standard InChI is InChI=1S/C15H17N5O2S/c1-10(2)20-12(5-7-16-20)17-13(21)3-4-14-18-19-15(22-14)11-6-8-23-9-11/h5-10H,3-4H2,1-2H3,(H,17,21). The number of anilines is 1. The monoisotopic (exact) mass is 331 g/mol. The van der Waals surface area contributed by atoms with E-state index in [1.165, 1.54) is 0 Å². The van der Waals surface area contributed by atoms with Crippen molar-refractivity contribution >= 4 is 23.1 Å². The summed E-state index contributed by atoms with van der Waals surface area (Å²) in [4.78, 5) is 12.1. The van der Waals surface area contributed by atoms with Crippen molar-refractivity contribution < 1.29 is 9.21 Å². The number of hydrogen-bond donors (Lipinski definition) is 1. The molecule has 0 aliphatic heterocycles. The summed E-state index contributed by atoms with van der Waals surface area (Å²) in [6.07, 6.45) is 2.34. The molecule has 0 atom stereocenters. The largest absolute Gasteiger partial charge is 0.421 e. The van der Waals surface area contributed by atoms with Gasteiger partial charge in [-0.05, 0) is 25.3 Å². The van der Waals surface area contributed by atoms with Crippen molar-refractivity contribution in [1.82, 2.24) is 20.0 Å². The minimum atomic E-state index is -0.109. The molecule has 0 bridgehead atoms. The Balaban J connectivity index is 1.56. The van der Waals surface area contributed by atoms with Gasteiger partial charge < -0.3 is 9.73 Å². The minimum Gasteiger partial charge on any atom is -0.421 e. The van der Waals surface area contributed by atoms with E-state index >= 15 is 0 Å². The van der Waals surface area contributed by atoms with Crippen molar-refractivity contribution in [1.29, 1.82) is 0 Å². The second-order valence-electron chi connectivity index (χ2n) is 5.32. The molecule has 0 saturated heterocycles. The first-order valence-electron chi connectivity index (χ1n) is 7.32. The van der Waals surface area contributed by atoms with Crippen molar-refractivity contribution in [2.45, 2.75) is 32.7 Å². The zero-order chi connectivity index (χ0) is 16.2. The lowest BCUT2D eigenvalue weighted by Gasteiger charge is -2.11. The number of hydrogen-bond acceptors (Lipinski definition) is 6. The van der Waals surface area contributed by atoms with Crippen molar-refractivity contribution in [3.05, 3.63) is 35.0 Å². The molecule has 0 aliphatic carbocycles. The van der Waals surface area contributed by atoms with Gasteiger partial charge >= 0.3 is 0 Å². The summed E-state index contributed by atoms with van der Waals surface area (Å²) < 4.78 is 7.33. The Hall–Kier alpha value is -2.48. The number of carbonyl (C=O) groups excluding carboxylic acids is 1. The normalized spacial score (nSPS) is 11.1. The van der Waals surface area contributed by atoms with Gasteiger partial charge in [-0.1, -0.05) is 0 Å². The highest BCUT2D eigenvalue weighted by molar-refractivity contribution is 7.08. The molecule has 0 unspecified atom stereocenters. The summed E-state index contributed by atoms with van der Waals surface area (Å²) in [5.74, 6) is 1.52. The van der Waals surface area contributed by atoms with Crippen LogP contribution < -0.4 is 5.32 Å². The molecule has 3 aromatic rings.